The van der Waals surface area contributed by atoms with Crippen LogP contribution in [0.1, 0.15) is 41.5 Å². The number of carbonyl (C=O) groups is 5. The summed E-state index contributed by atoms with van der Waals surface area (Å²) in [4.78, 5) is 60.4. The molecule has 11 nitrogen and oxygen atoms in total. The van der Waals surface area contributed by atoms with Crippen molar-refractivity contribution in [2.24, 2.45) is 0 Å². The van der Waals surface area contributed by atoms with Gasteiger partial charge >= 0.3 is 17.4 Å². The molecular weight excluding hydrogens is 546 g/mol. The van der Waals surface area contributed by atoms with E-state index in [2.05, 4.69) is 0 Å². The fourth-order valence-electron chi connectivity index (χ4n) is 3.13. The number of Topliss-reactive ketones (excluding diaryl/α,β-unsaturated/α-hetero) is 1. The topological polar surface area (TPSA) is 164 Å². The number of nitrogens with zero attached hydrogens (tertiary/aromatic N) is 3. The molecule has 3 saturated heterocycles. The minimum absolute atomic E-state index is 0. The first-order chi connectivity index (χ1) is 17.6. The van der Waals surface area contributed by atoms with E-state index in [0.717, 1.165) is 57.5 Å². The average Bonchev–Trinajstić information content (AvgIpc) is 3.58. The van der Waals surface area contributed by atoms with Crippen molar-refractivity contribution < 1.29 is 56.7 Å². The van der Waals surface area contributed by atoms with Gasteiger partial charge in [-0.15, -0.1) is 17.3 Å². The van der Waals surface area contributed by atoms with Crippen molar-refractivity contribution in [3.8, 4) is 0 Å². The molecule has 0 atom stereocenters. The first-order valence-electron chi connectivity index (χ1n) is 12.0. The third-order valence-corrected chi connectivity index (χ3v) is 4.71. The molecule has 0 saturated carbocycles. The zero-order valence-corrected chi connectivity index (χ0v) is 24.3. The molecule has 3 heterocycles. The molecule has 4 aliphatic rings. The van der Waals surface area contributed by atoms with E-state index in [1.807, 2.05) is 14.7 Å². The number of hydrogen-bond donors (Lipinski definition) is 0. The molecule has 0 aromatic rings. The van der Waals surface area contributed by atoms with Gasteiger partial charge in [0.25, 0.3) is 0 Å². The van der Waals surface area contributed by atoms with Gasteiger partial charge in [-0.1, -0.05) is 20.8 Å². The van der Waals surface area contributed by atoms with Gasteiger partial charge in [-0.05, 0) is 39.0 Å². The molecule has 0 N–H and O–H groups in total. The number of allylic oxidation sites excluding steroid dienone is 7. The molecule has 0 bridgehead atoms. The molecule has 39 heavy (non-hydrogen) atoms. The van der Waals surface area contributed by atoms with Crippen molar-refractivity contribution in [3.63, 3.8) is 0 Å². The summed E-state index contributed by atoms with van der Waals surface area (Å²) in [6, 6.07) is 0. The standard InChI is InChI=1S/C12H13N3O2.3C5H8O2.Cr/c16-9-7-8(13-1-2-13)12(17)11(15-5-6-15)10(9)14-3-4-14;3*1-4(6)3-5(2)7;/h7H,1-6H2;3*3,6H,1-2H3;/q;;;;+3/p-3/b;3*4-3-;. The second-order valence-electron chi connectivity index (χ2n) is 8.98. The third-order valence-electron chi connectivity index (χ3n) is 4.71. The van der Waals surface area contributed by atoms with Crippen molar-refractivity contribution >= 4 is 28.9 Å². The normalized spacial score (nSPS) is 17.7. The minimum atomic E-state index is -0.187. The van der Waals surface area contributed by atoms with Crippen LogP contribution in [0.5, 0.6) is 0 Å². The molecular formula is C27H34CrN3O8. The Hall–Kier alpha value is -3.62. The molecule has 0 aromatic heterocycles. The van der Waals surface area contributed by atoms with Crippen molar-refractivity contribution in [2.75, 3.05) is 39.3 Å². The Kier molecular flexibility index (Phi) is 14.8. The van der Waals surface area contributed by atoms with Crippen LogP contribution in [0, 0.1) is 0 Å². The largest absolute Gasteiger partial charge is 3.00 e. The molecule has 1 radical (unpaired) electrons. The van der Waals surface area contributed by atoms with Crippen LogP contribution in [0.2, 0.25) is 0 Å². The summed E-state index contributed by atoms with van der Waals surface area (Å²) in [5.41, 5.74) is 1.89. The van der Waals surface area contributed by atoms with E-state index in [-0.39, 0.29) is 63.6 Å². The predicted octanol–water partition coefficient (Wildman–Crippen LogP) is -1.30. The van der Waals surface area contributed by atoms with Gasteiger partial charge in [0.1, 0.15) is 11.4 Å². The number of carbonyl (C=O) groups excluding carboxylic acids is 5. The van der Waals surface area contributed by atoms with Crippen LogP contribution in [0.15, 0.2) is 58.7 Å². The van der Waals surface area contributed by atoms with Gasteiger partial charge < -0.3 is 30.0 Å². The fraction of sp³-hybridized carbons (Fsp3) is 0.444. The summed E-state index contributed by atoms with van der Waals surface area (Å²) in [6.45, 7) is 13.5. The van der Waals surface area contributed by atoms with E-state index in [0.29, 0.717) is 17.1 Å². The molecule has 0 aromatic carbocycles. The van der Waals surface area contributed by atoms with Gasteiger partial charge in [0, 0.05) is 45.3 Å². The summed E-state index contributed by atoms with van der Waals surface area (Å²) in [7, 11) is 0. The van der Waals surface area contributed by atoms with Gasteiger partial charge in [0.05, 0.1) is 5.70 Å². The third kappa shape index (κ3) is 14.8. The zero-order valence-electron chi connectivity index (χ0n) is 23.1. The SMILES string of the molecule is CC(=O)/C=C(/C)[O-].CC(=O)/C=C(/C)[O-].CC(=O)/C=C(/C)[O-].O=C1C=C(N2CC2)C(=O)C(N2CC2)=C1N1CC1.[Cr+3]. The van der Waals surface area contributed by atoms with Gasteiger partial charge in [0.15, 0.2) is 17.3 Å². The summed E-state index contributed by atoms with van der Waals surface area (Å²) in [5, 5.41) is 29.9. The quantitative estimate of drug-likeness (QED) is 0.159. The molecule has 211 valence electrons. The maximum atomic E-state index is 12.4. The average molecular weight is 581 g/mol. The maximum Gasteiger partial charge on any atom is 3.00 e. The minimum Gasteiger partial charge on any atom is -0.876 e. The van der Waals surface area contributed by atoms with Crippen LogP contribution < -0.4 is 15.3 Å². The summed E-state index contributed by atoms with van der Waals surface area (Å²) < 4.78 is 0. The van der Waals surface area contributed by atoms with Crippen LogP contribution in [0.4, 0.5) is 0 Å². The second kappa shape index (κ2) is 16.4. The Morgan fingerprint density at radius 1 is 0.615 bits per heavy atom. The van der Waals surface area contributed by atoms with Crippen LogP contribution in [0.25, 0.3) is 0 Å². The van der Waals surface area contributed by atoms with Crippen molar-refractivity contribution in [2.45, 2.75) is 41.5 Å². The first kappa shape index (κ1) is 35.4. The molecule has 1 aliphatic carbocycles. The van der Waals surface area contributed by atoms with Gasteiger partial charge in [0.2, 0.25) is 11.6 Å². The number of rotatable bonds is 6. The van der Waals surface area contributed by atoms with E-state index in [4.69, 9.17) is 0 Å². The summed E-state index contributed by atoms with van der Waals surface area (Å²) >= 11 is 0. The Bertz CT molecular complexity index is 1040. The Morgan fingerprint density at radius 2 is 0.923 bits per heavy atom. The van der Waals surface area contributed by atoms with Crippen LogP contribution >= 0.6 is 0 Å². The second-order valence-corrected chi connectivity index (χ2v) is 8.98. The van der Waals surface area contributed by atoms with E-state index >= 15 is 0 Å². The summed E-state index contributed by atoms with van der Waals surface area (Å²) in [5.74, 6) is -1.08. The molecule has 0 spiro atoms. The van der Waals surface area contributed by atoms with E-state index in [9.17, 15) is 39.3 Å². The van der Waals surface area contributed by atoms with Crippen molar-refractivity contribution in [1.29, 1.82) is 0 Å². The number of hydrogen-bond acceptors (Lipinski definition) is 11. The zero-order chi connectivity index (χ0) is 29.2. The van der Waals surface area contributed by atoms with Gasteiger partial charge in [-0.25, -0.2) is 0 Å². The van der Waals surface area contributed by atoms with E-state index < -0.39 is 0 Å². The van der Waals surface area contributed by atoms with Crippen molar-refractivity contribution in [1.82, 2.24) is 14.7 Å². The molecule has 0 amide bonds. The van der Waals surface area contributed by atoms with E-state index in [1.54, 1.807) is 0 Å². The van der Waals surface area contributed by atoms with Crippen molar-refractivity contribution in [3.05, 3.63) is 58.7 Å². The molecule has 0 unspecified atom stereocenters. The maximum absolute atomic E-state index is 12.4. The monoisotopic (exact) mass is 580 g/mol. The van der Waals surface area contributed by atoms with Gasteiger partial charge in [-0.2, -0.15) is 0 Å². The molecule has 12 heteroatoms. The van der Waals surface area contributed by atoms with Crippen LogP contribution in [0.3, 0.4) is 0 Å². The van der Waals surface area contributed by atoms with E-state index in [1.165, 1.54) is 47.6 Å². The Balaban J connectivity index is 0.000000559. The molecule has 4 rings (SSSR count). The Labute approximate surface area is 239 Å². The Morgan fingerprint density at radius 3 is 1.15 bits per heavy atom. The molecule has 3 aliphatic heterocycles. The fourth-order valence-corrected chi connectivity index (χ4v) is 3.13. The first-order valence-corrected chi connectivity index (χ1v) is 12.0. The smallest absolute Gasteiger partial charge is 0.876 e. The van der Waals surface area contributed by atoms with Gasteiger partial charge in [-0.3, -0.25) is 24.0 Å². The van der Waals surface area contributed by atoms with Crippen LogP contribution in [-0.2, 0) is 41.3 Å². The van der Waals surface area contributed by atoms with Crippen LogP contribution in [-0.4, -0.2) is 82.9 Å². The number of ketones is 5. The predicted molar refractivity (Wildman–Crippen MR) is 133 cm³/mol. The molecule has 3 fully saturated rings. The summed E-state index contributed by atoms with van der Waals surface area (Å²) in [6.07, 6.45) is 4.69.